The van der Waals surface area contributed by atoms with Crippen LogP contribution in [0.3, 0.4) is 0 Å². The second-order valence-electron chi connectivity index (χ2n) is 7.72. The number of piperazine rings is 1. The fourth-order valence-corrected chi connectivity index (χ4v) is 3.82. The Morgan fingerprint density at radius 2 is 1.61 bits per heavy atom. The second-order valence-corrected chi connectivity index (χ2v) is 7.72. The first-order chi connectivity index (χ1) is 13.5. The average molecular weight is 386 g/mol. The van der Waals surface area contributed by atoms with Gasteiger partial charge in [-0.2, -0.15) is 0 Å². The van der Waals surface area contributed by atoms with Gasteiger partial charge in [0, 0.05) is 32.7 Å². The summed E-state index contributed by atoms with van der Waals surface area (Å²) in [6.07, 6.45) is 0. The van der Waals surface area contributed by atoms with Gasteiger partial charge >= 0.3 is 0 Å². The molecule has 0 spiro atoms. The molecule has 0 aliphatic carbocycles. The fourth-order valence-electron chi connectivity index (χ4n) is 3.82. The van der Waals surface area contributed by atoms with Crippen LogP contribution in [0.5, 0.6) is 5.75 Å². The standard InChI is InChI=1S/C22H31N3O3/c1-5-23-11-13-24(14-12-23)20-19(17-7-9-18(10-8-17)28-6-2)21(26)25(22(20)27)15-16(3)4/h7-10,16H,5-6,11-15H2,1-4H3. The van der Waals surface area contributed by atoms with Crippen LogP contribution in [-0.2, 0) is 9.59 Å². The van der Waals surface area contributed by atoms with Crippen LogP contribution in [-0.4, -0.2) is 72.4 Å². The molecule has 1 aromatic carbocycles. The number of benzene rings is 1. The van der Waals surface area contributed by atoms with Gasteiger partial charge in [-0.3, -0.25) is 14.5 Å². The largest absolute Gasteiger partial charge is 0.494 e. The smallest absolute Gasteiger partial charge is 0.277 e. The normalized spacial score (nSPS) is 18.6. The molecular weight excluding hydrogens is 354 g/mol. The van der Waals surface area contributed by atoms with Gasteiger partial charge in [-0.25, -0.2) is 0 Å². The molecule has 6 nitrogen and oxygen atoms in total. The van der Waals surface area contributed by atoms with Crippen LogP contribution in [0.15, 0.2) is 30.0 Å². The fraction of sp³-hybridized carbons (Fsp3) is 0.545. The summed E-state index contributed by atoms with van der Waals surface area (Å²) in [4.78, 5) is 32.3. The van der Waals surface area contributed by atoms with Crippen molar-refractivity contribution in [1.29, 1.82) is 0 Å². The van der Waals surface area contributed by atoms with Crippen molar-refractivity contribution >= 4 is 17.4 Å². The first kappa shape index (κ1) is 20.4. The number of amides is 2. The zero-order valence-electron chi connectivity index (χ0n) is 17.4. The van der Waals surface area contributed by atoms with Crippen LogP contribution in [0.25, 0.3) is 5.57 Å². The van der Waals surface area contributed by atoms with E-state index >= 15 is 0 Å². The van der Waals surface area contributed by atoms with Gasteiger partial charge in [-0.05, 0) is 37.1 Å². The number of hydrogen-bond acceptors (Lipinski definition) is 5. The van der Waals surface area contributed by atoms with Crippen molar-refractivity contribution in [2.75, 3.05) is 45.9 Å². The molecule has 0 unspecified atom stereocenters. The lowest BCUT2D eigenvalue weighted by Gasteiger charge is -2.36. The molecule has 0 aromatic heterocycles. The SMILES string of the molecule is CCOc1ccc(C2=C(N3CCN(CC)CC3)C(=O)N(CC(C)C)C2=O)cc1. The number of imide groups is 1. The number of rotatable bonds is 7. The Hall–Kier alpha value is -2.34. The molecule has 3 rings (SSSR count). The van der Waals surface area contributed by atoms with E-state index in [0.717, 1.165) is 44.0 Å². The van der Waals surface area contributed by atoms with Crippen molar-refractivity contribution in [2.24, 2.45) is 5.92 Å². The molecule has 152 valence electrons. The summed E-state index contributed by atoms with van der Waals surface area (Å²) in [5, 5.41) is 0. The highest BCUT2D eigenvalue weighted by atomic mass is 16.5. The Bertz CT molecular complexity index is 747. The van der Waals surface area contributed by atoms with Crippen LogP contribution in [0.4, 0.5) is 0 Å². The van der Waals surface area contributed by atoms with Crippen LogP contribution < -0.4 is 4.74 Å². The molecule has 2 aliphatic rings. The number of hydrogen-bond donors (Lipinski definition) is 0. The Kier molecular flexibility index (Phi) is 6.39. The molecule has 1 fully saturated rings. The summed E-state index contributed by atoms with van der Waals surface area (Å²) in [6.45, 7) is 13.5. The number of nitrogens with zero attached hydrogens (tertiary/aromatic N) is 3. The Morgan fingerprint density at radius 3 is 2.14 bits per heavy atom. The molecular formula is C22H31N3O3. The number of carbonyl (C=O) groups excluding carboxylic acids is 2. The Morgan fingerprint density at radius 1 is 0.964 bits per heavy atom. The highest BCUT2D eigenvalue weighted by Crippen LogP contribution is 2.33. The monoisotopic (exact) mass is 385 g/mol. The van der Waals surface area contributed by atoms with Gasteiger partial charge in [0.2, 0.25) is 0 Å². The maximum absolute atomic E-state index is 13.2. The van der Waals surface area contributed by atoms with Crippen molar-refractivity contribution in [3.63, 3.8) is 0 Å². The van der Waals surface area contributed by atoms with E-state index in [1.54, 1.807) is 0 Å². The van der Waals surface area contributed by atoms with Gasteiger partial charge in [-0.15, -0.1) is 0 Å². The summed E-state index contributed by atoms with van der Waals surface area (Å²) < 4.78 is 5.52. The minimum Gasteiger partial charge on any atom is -0.494 e. The summed E-state index contributed by atoms with van der Waals surface area (Å²) in [5.74, 6) is 0.648. The molecule has 0 radical (unpaired) electrons. The van der Waals surface area contributed by atoms with Gasteiger partial charge in [0.25, 0.3) is 11.8 Å². The first-order valence-corrected chi connectivity index (χ1v) is 10.3. The topological polar surface area (TPSA) is 53.1 Å². The highest BCUT2D eigenvalue weighted by molar-refractivity contribution is 6.35. The van der Waals surface area contributed by atoms with E-state index < -0.39 is 0 Å². The molecule has 2 amide bonds. The molecule has 6 heteroatoms. The number of carbonyl (C=O) groups is 2. The van der Waals surface area contributed by atoms with Gasteiger partial charge in [0.05, 0.1) is 12.2 Å². The second kappa shape index (κ2) is 8.78. The van der Waals surface area contributed by atoms with Crippen LogP contribution in [0, 0.1) is 5.92 Å². The predicted octanol–water partition coefficient (Wildman–Crippen LogP) is 2.46. The van der Waals surface area contributed by atoms with Crippen LogP contribution in [0.2, 0.25) is 0 Å². The van der Waals surface area contributed by atoms with Crippen molar-refractivity contribution in [2.45, 2.75) is 27.7 Å². The molecule has 0 bridgehead atoms. The van der Waals surface area contributed by atoms with Crippen molar-refractivity contribution in [1.82, 2.24) is 14.7 Å². The maximum atomic E-state index is 13.2. The van der Waals surface area contributed by atoms with Crippen LogP contribution >= 0.6 is 0 Å². The predicted molar refractivity (Wildman–Crippen MR) is 110 cm³/mol. The average Bonchev–Trinajstić information content (AvgIpc) is 2.93. The van der Waals surface area contributed by atoms with E-state index in [1.807, 2.05) is 45.0 Å². The van der Waals surface area contributed by atoms with Gasteiger partial charge in [0.1, 0.15) is 11.4 Å². The minimum absolute atomic E-state index is 0.160. The third-order valence-corrected chi connectivity index (χ3v) is 5.28. The zero-order chi connectivity index (χ0) is 20.3. The minimum atomic E-state index is -0.184. The third-order valence-electron chi connectivity index (χ3n) is 5.28. The van der Waals surface area contributed by atoms with E-state index in [4.69, 9.17) is 4.74 Å². The first-order valence-electron chi connectivity index (χ1n) is 10.3. The van der Waals surface area contributed by atoms with Crippen LogP contribution in [0.1, 0.15) is 33.3 Å². The van der Waals surface area contributed by atoms with Crippen molar-refractivity contribution in [3.8, 4) is 5.75 Å². The van der Waals surface area contributed by atoms with E-state index in [0.29, 0.717) is 24.4 Å². The van der Waals surface area contributed by atoms with E-state index in [2.05, 4.69) is 16.7 Å². The summed E-state index contributed by atoms with van der Waals surface area (Å²) >= 11 is 0. The molecule has 1 saturated heterocycles. The number of ether oxygens (including phenoxy) is 1. The Balaban J connectivity index is 1.97. The van der Waals surface area contributed by atoms with E-state index in [1.165, 1.54) is 4.90 Å². The lowest BCUT2D eigenvalue weighted by molar-refractivity contribution is -0.138. The maximum Gasteiger partial charge on any atom is 0.277 e. The molecule has 1 aromatic rings. The van der Waals surface area contributed by atoms with Gasteiger partial charge in [0.15, 0.2) is 0 Å². The molecule has 2 heterocycles. The zero-order valence-corrected chi connectivity index (χ0v) is 17.4. The lowest BCUT2D eigenvalue weighted by atomic mass is 10.0. The summed E-state index contributed by atoms with van der Waals surface area (Å²) in [5.41, 5.74) is 1.87. The molecule has 28 heavy (non-hydrogen) atoms. The molecule has 0 N–H and O–H groups in total. The molecule has 0 saturated carbocycles. The molecule has 2 aliphatic heterocycles. The molecule has 0 atom stereocenters. The third kappa shape index (κ3) is 4.07. The Labute approximate surface area is 167 Å². The van der Waals surface area contributed by atoms with Crippen molar-refractivity contribution < 1.29 is 14.3 Å². The number of likely N-dealkylation sites (N-methyl/N-ethyl adjacent to an activating group) is 1. The lowest BCUT2D eigenvalue weighted by Crippen LogP contribution is -2.47. The van der Waals surface area contributed by atoms with Gasteiger partial charge in [-0.1, -0.05) is 32.9 Å². The van der Waals surface area contributed by atoms with E-state index in [-0.39, 0.29) is 17.7 Å². The van der Waals surface area contributed by atoms with E-state index in [9.17, 15) is 9.59 Å². The van der Waals surface area contributed by atoms with Crippen molar-refractivity contribution in [3.05, 3.63) is 35.5 Å². The summed E-state index contributed by atoms with van der Waals surface area (Å²) in [6, 6.07) is 7.49. The van der Waals surface area contributed by atoms with Gasteiger partial charge < -0.3 is 14.5 Å². The quantitative estimate of drug-likeness (QED) is 0.675. The highest BCUT2D eigenvalue weighted by Gasteiger charge is 2.42. The summed E-state index contributed by atoms with van der Waals surface area (Å²) in [7, 11) is 0.